The van der Waals surface area contributed by atoms with Crippen LogP contribution in [0.1, 0.15) is 251 Å². The molecule has 6 N–H and O–H groups in total. The van der Waals surface area contributed by atoms with Gasteiger partial charge in [-0.3, -0.25) is 4.79 Å². The van der Waals surface area contributed by atoms with Crippen LogP contribution in [0.3, 0.4) is 0 Å². The zero-order chi connectivity index (χ0) is 46.6. The fourth-order valence-corrected chi connectivity index (χ4v) is 8.58. The number of unbranched alkanes of at least 4 members (excludes halogenated alkanes) is 32. The summed E-state index contributed by atoms with van der Waals surface area (Å²) >= 11 is 0. The molecular weight excluding hydrogens is 803 g/mol. The number of aliphatic hydroxyl groups excluding tert-OH is 5. The molecule has 0 spiro atoms. The monoisotopic (exact) mass is 906 g/mol. The molecule has 0 aromatic heterocycles. The van der Waals surface area contributed by atoms with Gasteiger partial charge in [0.1, 0.15) is 24.4 Å². The highest BCUT2D eigenvalue weighted by Crippen LogP contribution is 2.23. The zero-order valence-electron chi connectivity index (χ0n) is 41.5. The molecule has 0 saturated carbocycles. The number of rotatable bonds is 46. The van der Waals surface area contributed by atoms with E-state index in [2.05, 4.69) is 43.5 Å². The number of nitrogens with one attached hydrogen (secondary N) is 1. The third-order valence-corrected chi connectivity index (χ3v) is 12.9. The van der Waals surface area contributed by atoms with Crippen LogP contribution < -0.4 is 5.32 Å². The van der Waals surface area contributed by atoms with E-state index in [9.17, 15) is 30.3 Å². The van der Waals surface area contributed by atoms with Crippen molar-refractivity contribution >= 4 is 5.91 Å². The van der Waals surface area contributed by atoms with Crippen molar-refractivity contribution in [3.05, 3.63) is 36.5 Å². The lowest BCUT2D eigenvalue weighted by atomic mass is 9.99. The Morgan fingerprint density at radius 3 is 1.31 bits per heavy atom. The number of hydrogen-bond donors (Lipinski definition) is 6. The van der Waals surface area contributed by atoms with Crippen LogP contribution in [0.2, 0.25) is 0 Å². The van der Waals surface area contributed by atoms with Crippen molar-refractivity contribution in [2.75, 3.05) is 13.2 Å². The van der Waals surface area contributed by atoms with Crippen LogP contribution in [0.25, 0.3) is 0 Å². The lowest BCUT2D eigenvalue weighted by Gasteiger charge is -2.40. The zero-order valence-corrected chi connectivity index (χ0v) is 41.5. The molecule has 1 amide bonds. The van der Waals surface area contributed by atoms with Gasteiger partial charge in [0.25, 0.3) is 0 Å². The van der Waals surface area contributed by atoms with Crippen molar-refractivity contribution in [1.29, 1.82) is 0 Å². The van der Waals surface area contributed by atoms with Crippen molar-refractivity contribution in [3.8, 4) is 0 Å². The van der Waals surface area contributed by atoms with E-state index >= 15 is 0 Å². The molecule has 1 fully saturated rings. The Morgan fingerprint density at radius 2 is 0.891 bits per heavy atom. The first-order valence-electron chi connectivity index (χ1n) is 27.2. The van der Waals surface area contributed by atoms with E-state index in [1.165, 1.54) is 180 Å². The maximum atomic E-state index is 13.0. The second kappa shape index (κ2) is 45.2. The fraction of sp³-hybridized carbons (Fsp3) is 0.873. The molecule has 1 rings (SSSR count). The van der Waals surface area contributed by atoms with Crippen LogP contribution in [0.15, 0.2) is 36.5 Å². The number of aliphatic hydroxyl groups is 5. The third-order valence-electron chi connectivity index (χ3n) is 12.9. The van der Waals surface area contributed by atoms with Gasteiger partial charge in [-0.25, -0.2) is 0 Å². The van der Waals surface area contributed by atoms with Gasteiger partial charge in [0, 0.05) is 6.42 Å². The molecule has 0 aromatic rings. The molecule has 9 nitrogen and oxygen atoms in total. The predicted molar refractivity (Wildman–Crippen MR) is 267 cm³/mol. The van der Waals surface area contributed by atoms with Crippen molar-refractivity contribution in [2.45, 2.75) is 294 Å². The van der Waals surface area contributed by atoms with E-state index in [-0.39, 0.29) is 12.5 Å². The van der Waals surface area contributed by atoms with E-state index in [4.69, 9.17) is 9.47 Å². The highest BCUT2D eigenvalue weighted by molar-refractivity contribution is 5.76. The van der Waals surface area contributed by atoms with Crippen LogP contribution >= 0.6 is 0 Å². The Morgan fingerprint density at radius 1 is 0.516 bits per heavy atom. The number of amides is 1. The summed E-state index contributed by atoms with van der Waals surface area (Å²) in [5.41, 5.74) is 0. The molecule has 1 aliphatic rings. The summed E-state index contributed by atoms with van der Waals surface area (Å²) < 4.78 is 11.2. The molecule has 1 aliphatic heterocycles. The molecule has 1 heterocycles. The molecule has 7 unspecified atom stereocenters. The van der Waals surface area contributed by atoms with Crippen molar-refractivity contribution in [2.24, 2.45) is 0 Å². The summed E-state index contributed by atoms with van der Waals surface area (Å²) in [4.78, 5) is 13.0. The second-order valence-electron chi connectivity index (χ2n) is 19.0. The normalized spacial score (nSPS) is 20.3. The summed E-state index contributed by atoms with van der Waals surface area (Å²) in [5.74, 6) is -0.189. The van der Waals surface area contributed by atoms with Gasteiger partial charge in [-0.1, -0.05) is 224 Å². The van der Waals surface area contributed by atoms with Crippen molar-refractivity contribution in [3.63, 3.8) is 0 Å². The van der Waals surface area contributed by atoms with E-state index < -0.39 is 49.5 Å². The van der Waals surface area contributed by atoms with Gasteiger partial charge < -0.3 is 40.3 Å². The minimum absolute atomic E-state index is 0.189. The molecule has 9 heteroatoms. The minimum atomic E-state index is -1.57. The lowest BCUT2D eigenvalue weighted by Crippen LogP contribution is -2.60. The van der Waals surface area contributed by atoms with Crippen LogP contribution in [0.4, 0.5) is 0 Å². The second-order valence-corrected chi connectivity index (χ2v) is 19.0. The lowest BCUT2D eigenvalue weighted by molar-refractivity contribution is -0.302. The van der Waals surface area contributed by atoms with Gasteiger partial charge in [0.2, 0.25) is 5.91 Å². The van der Waals surface area contributed by atoms with Crippen molar-refractivity contribution in [1.82, 2.24) is 5.32 Å². The maximum Gasteiger partial charge on any atom is 0.220 e. The average Bonchev–Trinajstić information content (AvgIpc) is 3.29. The van der Waals surface area contributed by atoms with Crippen LogP contribution in [0, 0.1) is 0 Å². The molecule has 0 aromatic carbocycles. The van der Waals surface area contributed by atoms with Gasteiger partial charge >= 0.3 is 0 Å². The quantitative estimate of drug-likeness (QED) is 0.0261. The van der Waals surface area contributed by atoms with Crippen LogP contribution in [-0.4, -0.2) is 87.5 Å². The molecule has 0 bridgehead atoms. The summed E-state index contributed by atoms with van der Waals surface area (Å²) in [6, 6.07) is -0.823. The van der Waals surface area contributed by atoms with E-state index in [0.29, 0.717) is 6.42 Å². The van der Waals surface area contributed by atoms with Gasteiger partial charge in [0.15, 0.2) is 6.29 Å². The Bertz CT molecular complexity index is 1100. The highest BCUT2D eigenvalue weighted by Gasteiger charge is 2.44. The van der Waals surface area contributed by atoms with Gasteiger partial charge in [-0.05, 0) is 57.8 Å². The number of carbonyl (C=O) groups excluding carboxylic acids is 1. The van der Waals surface area contributed by atoms with Gasteiger partial charge in [-0.15, -0.1) is 0 Å². The summed E-state index contributed by atoms with van der Waals surface area (Å²) in [6.07, 6.45) is 50.6. The van der Waals surface area contributed by atoms with E-state index in [1.54, 1.807) is 6.08 Å². The minimum Gasteiger partial charge on any atom is -0.394 e. The first-order chi connectivity index (χ1) is 31.3. The number of hydrogen-bond acceptors (Lipinski definition) is 8. The Labute approximate surface area is 393 Å². The first-order valence-corrected chi connectivity index (χ1v) is 27.2. The Balaban J connectivity index is 2.29. The Hall–Kier alpha value is -1.59. The third kappa shape index (κ3) is 34.7. The van der Waals surface area contributed by atoms with Crippen LogP contribution in [-0.2, 0) is 14.3 Å². The highest BCUT2D eigenvalue weighted by atomic mass is 16.7. The van der Waals surface area contributed by atoms with Gasteiger partial charge in [0.05, 0.1) is 25.4 Å². The number of allylic oxidation sites excluding steroid dienone is 5. The topological polar surface area (TPSA) is 149 Å². The SMILES string of the molecule is CCCCCCCCCCCCC/C=C\CCCCCCCCCC(=O)NC(COC1OC(CO)C(O)C(O)C1O)C(O)/C=C/CC/C=C/CCCCCCCCCCCCCCC. The smallest absolute Gasteiger partial charge is 0.220 e. The predicted octanol–water partition coefficient (Wildman–Crippen LogP) is 12.8. The number of carbonyl (C=O) groups is 1. The van der Waals surface area contributed by atoms with Gasteiger partial charge in [-0.2, -0.15) is 0 Å². The van der Waals surface area contributed by atoms with E-state index in [1.807, 2.05) is 6.08 Å². The van der Waals surface area contributed by atoms with Crippen molar-refractivity contribution < 1.29 is 39.8 Å². The largest absolute Gasteiger partial charge is 0.394 e. The maximum absolute atomic E-state index is 13.0. The van der Waals surface area contributed by atoms with E-state index in [0.717, 1.165) is 51.4 Å². The average molecular weight is 906 g/mol. The molecule has 0 aliphatic carbocycles. The fourth-order valence-electron chi connectivity index (χ4n) is 8.58. The molecule has 0 radical (unpaired) electrons. The number of ether oxygens (including phenoxy) is 2. The molecular formula is C55H103NO8. The molecule has 7 atom stereocenters. The standard InChI is InChI=1S/C55H103NO8/c1-3-5-7-9-11-13-15-17-19-21-23-24-25-27-29-31-33-35-37-39-41-43-45-51(59)56-48(47-63-55-54(62)53(61)52(60)50(46-57)64-55)49(58)44-42-40-38-36-34-32-30-28-26-22-20-18-16-14-12-10-8-6-4-2/h25,27,34,36,42,44,48-50,52-55,57-58,60-62H,3-24,26,28-33,35,37-41,43,45-47H2,1-2H3,(H,56,59)/b27-25-,36-34+,44-42+. The molecule has 376 valence electrons. The summed E-state index contributed by atoms with van der Waals surface area (Å²) in [6.45, 7) is 3.78. The Kier molecular flexibility index (Phi) is 42.7. The summed E-state index contributed by atoms with van der Waals surface area (Å²) in [7, 11) is 0. The summed E-state index contributed by atoms with van der Waals surface area (Å²) in [5, 5.41) is 54.4. The molecule has 1 saturated heterocycles. The first kappa shape index (κ1) is 60.4. The van der Waals surface area contributed by atoms with Crippen LogP contribution in [0.5, 0.6) is 0 Å². The molecule has 64 heavy (non-hydrogen) atoms.